The van der Waals surface area contributed by atoms with Crippen molar-refractivity contribution in [1.29, 1.82) is 0 Å². The Morgan fingerprint density at radius 1 is 1.28 bits per heavy atom. The number of nitrogens with one attached hydrogen (secondary N) is 2. The van der Waals surface area contributed by atoms with Crippen LogP contribution in [0.3, 0.4) is 0 Å². The second-order valence-corrected chi connectivity index (χ2v) is 5.96. The first-order valence-corrected chi connectivity index (χ1v) is 7.34. The van der Waals surface area contributed by atoms with Crippen molar-refractivity contribution in [2.45, 2.75) is 64.3 Å². The molecule has 4 heteroatoms. The van der Waals surface area contributed by atoms with Gasteiger partial charge in [0.2, 0.25) is 0 Å². The van der Waals surface area contributed by atoms with E-state index in [9.17, 15) is 4.79 Å². The van der Waals surface area contributed by atoms with Crippen molar-refractivity contribution >= 4 is 6.03 Å². The molecule has 0 unspecified atom stereocenters. The molecule has 0 bridgehead atoms. The number of urea groups is 1. The van der Waals surface area contributed by atoms with Crippen molar-refractivity contribution in [2.75, 3.05) is 13.1 Å². The third-order valence-electron chi connectivity index (χ3n) is 3.72. The molecule has 2 amide bonds. The molecule has 1 aliphatic carbocycles. The smallest absolute Gasteiger partial charge is 0.315 e. The molecule has 4 N–H and O–H groups in total. The second kappa shape index (κ2) is 7.62. The minimum atomic E-state index is -0.0115. The van der Waals surface area contributed by atoms with Gasteiger partial charge in [-0.15, -0.1) is 0 Å². The van der Waals surface area contributed by atoms with Gasteiger partial charge in [-0.25, -0.2) is 4.79 Å². The van der Waals surface area contributed by atoms with Gasteiger partial charge in [-0.05, 0) is 38.1 Å². The van der Waals surface area contributed by atoms with Gasteiger partial charge in [-0.1, -0.05) is 33.1 Å². The van der Waals surface area contributed by atoms with E-state index in [1.807, 2.05) is 0 Å². The lowest BCUT2D eigenvalue weighted by Gasteiger charge is -2.38. The Kier molecular flexibility index (Phi) is 6.47. The normalized spacial score (nSPS) is 18.7. The van der Waals surface area contributed by atoms with Crippen molar-refractivity contribution in [2.24, 2.45) is 11.7 Å². The fourth-order valence-electron chi connectivity index (χ4n) is 2.69. The maximum absolute atomic E-state index is 11.9. The van der Waals surface area contributed by atoms with Crippen LogP contribution in [0.25, 0.3) is 0 Å². The highest BCUT2D eigenvalue weighted by Crippen LogP contribution is 2.31. The summed E-state index contributed by atoms with van der Waals surface area (Å²) in [5, 5.41) is 6.17. The monoisotopic (exact) mass is 255 g/mol. The van der Waals surface area contributed by atoms with Gasteiger partial charge in [0.1, 0.15) is 0 Å². The Labute approximate surface area is 111 Å². The zero-order valence-corrected chi connectivity index (χ0v) is 11.9. The molecule has 0 spiro atoms. The van der Waals surface area contributed by atoms with Crippen LogP contribution in [0, 0.1) is 5.92 Å². The minimum Gasteiger partial charge on any atom is -0.338 e. The van der Waals surface area contributed by atoms with Gasteiger partial charge in [0.15, 0.2) is 0 Å². The number of amides is 2. The lowest BCUT2D eigenvalue weighted by Crippen LogP contribution is -2.53. The van der Waals surface area contributed by atoms with Crippen molar-refractivity contribution in [3.05, 3.63) is 0 Å². The summed E-state index contributed by atoms with van der Waals surface area (Å²) >= 11 is 0. The van der Waals surface area contributed by atoms with E-state index in [0.29, 0.717) is 12.5 Å². The van der Waals surface area contributed by atoms with Crippen molar-refractivity contribution in [3.8, 4) is 0 Å². The molecule has 0 aliphatic heterocycles. The zero-order valence-electron chi connectivity index (χ0n) is 11.9. The number of hydrogen-bond acceptors (Lipinski definition) is 2. The number of hydrogen-bond donors (Lipinski definition) is 3. The molecule has 0 radical (unpaired) electrons. The quantitative estimate of drug-likeness (QED) is 0.682. The summed E-state index contributed by atoms with van der Waals surface area (Å²) < 4.78 is 0. The first kappa shape index (κ1) is 15.3. The first-order chi connectivity index (χ1) is 8.58. The van der Waals surface area contributed by atoms with Crippen LogP contribution in [-0.4, -0.2) is 24.7 Å². The van der Waals surface area contributed by atoms with Gasteiger partial charge < -0.3 is 16.4 Å². The molecule has 0 aromatic heterocycles. The Hall–Kier alpha value is -0.770. The first-order valence-electron chi connectivity index (χ1n) is 7.34. The topological polar surface area (TPSA) is 67.2 Å². The lowest BCUT2D eigenvalue weighted by molar-refractivity contribution is 0.193. The molecule has 1 fully saturated rings. The van der Waals surface area contributed by atoms with Crippen LogP contribution in [-0.2, 0) is 0 Å². The standard InChI is InChI=1S/C14H29N3O/c1-12(2)11-16-13(18)17-14(9-6-10-15)7-4-3-5-8-14/h12H,3-11,15H2,1-2H3,(H2,16,17,18). The van der Waals surface area contributed by atoms with Gasteiger partial charge in [0, 0.05) is 12.1 Å². The molecule has 0 saturated heterocycles. The van der Waals surface area contributed by atoms with E-state index in [-0.39, 0.29) is 11.6 Å². The number of nitrogens with two attached hydrogens (primary N) is 1. The van der Waals surface area contributed by atoms with Crippen LogP contribution < -0.4 is 16.4 Å². The SMILES string of the molecule is CC(C)CNC(=O)NC1(CCCN)CCCCC1. The molecule has 1 aliphatic rings. The molecule has 0 aromatic rings. The molecule has 106 valence electrons. The Balaban J connectivity index is 2.46. The molecule has 1 rings (SSSR count). The molecule has 1 saturated carbocycles. The number of carbonyl (C=O) groups excluding carboxylic acids is 1. The molecule has 0 atom stereocenters. The van der Waals surface area contributed by atoms with E-state index in [4.69, 9.17) is 5.73 Å². The maximum atomic E-state index is 11.9. The summed E-state index contributed by atoms with van der Waals surface area (Å²) in [4.78, 5) is 11.9. The summed E-state index contributed by atoms with van der Waals surface area (Å²) in [6.07, 6.45) is 7.93. The van der Waals surface area contributed by atoms with Crippen LogP contribution in [0.15, 0.2) is 0 Å². The third kappa shape index (κ3) is 5.25. The molecule has 0 heterocycles. The lowest BCUT2D eigenvalue weighted by atomic mass is 9.78. The summed E-state index contributed by atoms with van der Waals surface area (Å²) in [5.41, 5.74) is 5.60. The number of carbonyl (C=O) groups is 1. The Morgan fingerprint density at radius 3 is 2.50 bits per heavy atom. The van der Waals surface area contributed by atoms with Crippen molar-refractivity contribution in [3.63, 3.8) is 0 Å². The van der Waals surface area contributed by atoms with E-state index >= 15 is 0 Å². The largest absolute Gasteiger partial charge is 0.338 e. The van der Waals surface area contributed by atoms with E-state index < -0.39 is 0 Å². The van der Waals surface area contributed by atoms with E-state index in [0.717, 1.165) is 32.2 Å². The highest BCUT2D eigenvalue weighted by atomic mass is 16.2. The van der Waals surface area contributed by atoms with Gasteiger partial charge in [0.25, 0.3) is 0 Å². The van der Waals surface area contributed by atoms with Crippen LogP contribution in [0.5, 0.6) is 0 Å². The van der Waals surface area contributed by atoms with E-state index in [2.05, 4.69) is 24.5 Å². The zero-order chi connectivity index (χ0) is 13.4. The molecular formula is C14H29N3O. The predicted octanol–water partition coefficient (Wildman–Crippen LogP) is 2.38. The second-order valence-electron chi connectivity index (χ2n) is 5.96. The van der Waals surface area contributed by atoms with E-state index in [1.165, 1.54) is 19.3 Å². The summed E-state index contributed by atoms with van der Waals surface area (Å²) in [5.74, 6) is 0.488. The highest BCUT2D eigenvalue weighted by Gasteiger charge is 2.32. The number of rotatable bonds is 6. The fraction of sp³-hybridized carbons (Fsp3) is 0.929. The Bertz CT molecular complexity index is 247. The van der Waals surface area contributed by atoms with Crippen molar-refractivity contribution in [1.82, 2.24) is 10.6 Å². The average Bonchev–Trinajstić information content (AvgIpc) is 2.35. The van der Waals surface area contributed by atoms with Gasteiger partial charge in [-0.3, -0.25) is 0 Å². The van der Waals surface area contributed by atoms with Gasteiger partial charge >= 0.3 is 6.03 Å². The van der Waals surface area contributed by atoms with Crippen LogP contribution in [0.1, 0.15) is 58.8 Å². The highest BCUT2D eigenvalue weighted by molar-refractivity contribution is 5.74. The van der Waals surface area contributed by atoms with E-state index in [1.54, 1.807) is 0 Å². The maximum Gasteiger partial charge on any atom is 0.315 e. The van der Waals surface area contributed by atoms with Crippen molar-refractivity contribution < 1.29 is 4.79 Å². The van der Waals surface area contributed by atoms with Crippen LogP contribution >= 0.6 is 0 Å². The third-order valence-corrected chi connectivity index (χ3v) is 3.72. The Morgan fingerprint density at radius 2 is 1.94 bits per heavy atom. The van der Waals surface area contributed by atoms with Gasteiger partial charge in [-0.2, -0.15) is 0 Å². The molecule has 18 heavy (non-hydrogen) atoms. The predicted molar refractivity (Wildman–Crippen MR) is 75.5 cm³/mol. The van der Waals surface area contributed by atoms with Crippen LogP contribution in [0.4, 0.5) is 4.79 Å². The minimum absolute atomic E-state index is 0.00131. The van der Waals surface area contributed by atoms with Crippen LogP contribution in [0.2, 0.25) is 0 Å². The molecule has 4 nitrogen and oxygen atoms in total. The fourth-order valence-corrected chi connectivity index (χ4v) is 2.69. The molecule has 0 aromatic carbocycles. The summed E-state index contributed by atoms with van der Waals surface area (Å²) in [6.45, 7) is 5.64. The van der Waals surface area contributed by atoms with Gasteiger partial charge in [0.05, 0.1) is 0 Å². The summed E-state index contributed by atoms with van der Waals surface area (Å²) in [7, 11) is 0. The average molecular weight is 255 g/mol. The summed E-state index contributed by atoms with van der Waals surface area (Å²) in [6, 6.07) is -0.0115. The molecular weight excluding hydrogens is 226 g/mol.